The van der Waals surface area contributed by atoms with Crippen molar-refractivity contribution in [3.05, 3.63) is 48.0 Å². The van der Waals surface area contributed by atoms with Gasteiger partial charge in [0.25, 0.3) is 0 Å². The Hall–Kier alpha value is -2.05. The molecule has 0 spiro atoms. The lowest BCUT2D eigenvalue weighted by molar-refractivity contribution is 0.502. The van der Waals surface area contributed by atoms with Crippen LogP contribution in [0.1, 0.15) is 12.7 Å². The van der Waals surface area contributed by atoms with E-state index >= 15 is 0 Å². The molecule has 1 N–H and O–H groups in total. The summed E-state index contributed by atoms with van der Waals surface area (Å²) in [5.41, 5.74) is 0.871. The highest BCUT2D eigenvalue weighted by Gasteiger charge is 2.04. The molecule has 3 heteroatoms. The number of rotatable bonds is 4. The Morgan fingerprint density at radius 2 is 1.94 bits per heavy atom. The van der Waals surface area contributed by atoms with Crippen LogP contribution in [0.25, 0.3) is 11.3 Å². The largest absolute Gasteiger partial charge is 0.460 e. The van der Waals surface area contributed by atoms with Crippen LogP contribution >= 0.6 is 0 Å². The van der Waals surface area contributed by atoms with Gasteiger partial charge in [0.1, 0.15) is 17.3 Å². The Labute approximate surface area is 106 Å². The van der Waals surface area contributed by atoms with Gasteiger partial charge in [-0.2, -0.15) is 0 Å². The van der Waals surface area contributed by atoms with Gasteiger partial charge in [0.05, 0.1) is 13.1 Å². The van der Waals surface area contributed by atoms with Crippen molar-refractivity contribution in [1.82, 2.24) is 5.32 Å². The Morgan fingerprint density at radius 3 is 2.67 bits per heavy atom. The van der Waals surface area contributed by atoms with E-state index in [4.69, 9.17) is 4.42 Å². The SMILES string of the molecule is CC#CCNCc1ccc(-c2ccc(F)cc2)o1. The smallest absolute Gasteiger partial charge is 0.134 e. The molecule has 0 saturated carbocycles. The minimum Gasteiger partial charge on any atom is -0.460 e. The maximum absolute atomic E-state index is 12.8. The second kappa shape index (κ2) is 6.04. The van der Waals surface area contributed by atoms with Crippen molar-refractivity contribution in [1.29, 1.82) is 0 Å². The number of benzene rings is 1. The number of hydrogen-bond donors (Lipinski definition) is 1. The van der Waals surface area contributed by atoms with Gasteiger partial charge in [0, 0.05) is 5.56 Å². The van der Waals surface area contributed by atoms with Gasteiger partial charge in [0.2, 0.25) is 0 Å². The molecule has 2 aromatic rings. The normalized spacial score (nSPS) is 9.89. The lowest BCUT2D eigenvalue weighted by atomic mass is 10.2. The van der Waals surface area contributed by atoms with Gasteiger partial charge < -0.3 is 4.42 Å². The van der Waals surface area contributed by atoms with Crippen molar-refractivity contribution in [3.63, 3.8) is 0 Å². The summed E-state index contributed by atoms with van der Waals surface area (Å²) in [7, 11) is 0. The van der Waals surface area contributed by atoms with Gasteiger partial charge in [-0.05, 0) is 43.3 Å². The van der Waals surface area contributed by atoms with E-state index in [1.54, 1.807) is 19.1 Å². The Bertz CT molecular complexity index is 560. The molecule has 0 amide bonds. The summed E-state index contributed by atoms with van der Waals surface area (Å²) in [6, 6.07) is 10.0. The standard InChI is InChI=1S/C15H14FNO/c1-2-3-10-17-11-14-8-9-15(18-14)12-4-6-13(16)7-5-12/h4-9,17H,10-11H2,1H3. The lowest BCUT2D eigenvalue weighted by Gasteiger charge is -1.98. The van der Waals surface area contributed by atoms with E-state index in [0.717, 1.165) is 17.1 Å². The highest BCUT2D eigenvalue weighted by molar-refractivity contribution is 5.57. The third kappa shape index (κ3) is 3.22. The van der Waals surface area contributed by atoms with Crippen LogP contribution in [0.15, 0.2) is 40.8 Å². The molecule has 0 atom stereocenters. The van der Waals surface area contributed by atoms with E-state index in [9.17, 15) is 4.39 Å². The Balaban J connectivity index is 2.00. The average molecular weight is 243 g/mol. The van der Waals surface area contributed by atoms with Crippen molar-refractivity contribution in [2.45, 2.75) is 13.5 Å². The van der Waals surface area contributed by atoms with E-state index in [2.05, 4.69) is 17.2 Å². The quantitative estimate of drug-likeness (QED) is 0.659. The number of halogens is 1. The predicted octanol–water partition coefficient (Wildman–Crippen LogP) is 3.20. The molecule has 2 rings (SSSR count). The first-order valence-electron chi connectivity index (χ1n) is 5.74. The summed E-state index contributed by atoms with van der Waals surface area (Å²) in [6.07, 6.45) is 0. The van der Waals surface area contributed by atoms with Gasteiger partial charge in [-0.1, -0.05) is 5.92 Å². The van der Waals surface area contributed by atoms with Gasteiger partial charge >= 0.3 is 0 Å². The van der Waals surface area contributed by atoms with E-state index in [1.165, 1.54) is 12.1 Å². The lowest BCUT2D eigenvalue weighted by Crippen LogP contribution is -2.12. The van der Waals surface area contributed by atoms with Crippen molar-refractivity contribution >= 4 is 0 Å². The third-order valence-corrected chi connectivity index (χ3v) is 2.48. The minimum absolute atomic E-state index is 0.245. The second-order valence-corrected chi connectivity index (χ2v) is 3.80. The number of nitrogens with one attached hydrogen (secondary N) is 1. The molecule has 0 aliphatic rings. The molecule has 1 heterocycles. The zero-order valence-corrected chi connectivity index (χ0v) is 10.2. The Kier molecular flexibility index (Phi) is 4.16. The van der Waals surface area contributed by atoms with Crippen LogP contribution in [-0.2, 0) is 6.54 Å². The van der Waals surface area contributed by atoms with E-state index in [0.29, 0.717) is 13.1 Å². The second-order valence-electron chi connectivity index (χ2n) is 3.80. The van der Waals surface area contributed by atoms with Crippen LogP contribution in [0.5, 0.6) is 0 Å². The summed E-state index contributed by atoms with van der Waals surface area (Å²) in [5, 5.41) is 3.15. The summed E-state index contributed by atoms with van der Waals surface area (Å²) in [5.74, 6) is 7.07. The van der Waals surface area contributed by atoms with Crippen LogP contribution < -0.4 is 5.32 Å². The van der Waals surface area contributed by atoms with E-state index < -0.39 is 0 Å². The third-order valence-electron chi connectivity index (χ3n) is 2.48. The Morgan fingerprint density at radius 1 is 1.17 bits per heavy atom. The van der Waals surface area contributed by atoms with Crippen LogP contribution in [-0.4, -0.2) is 6.54 Å². The van der Waals surface area contributed by atoms with Crippen molar-refractivity contribution in [2.75, 3.05) is 6.54 Å². The molecule has 92 valence electrons. The molecule has 1 aromatic heterocycles. The molecule has 0 aliphatic heterocycles. The first-order chi connectivity index (χ1) is 8.79. The molecule has 18 heavy (non-hydrogen) atoms. The van der Waals surface area contributed by atoms with Gasteiger partial charge in [-0.25, -0.2) is 4.39 Å². The predicted molar refractivity (Wildman–Crippen MR) is 69.3 cm³/mol. The molecular formula is C15H14FNO. The van der Waals surface area contributed by atoms with Crippen LogP contribution in [0, 0.1) is 17.7 Å². The molecule has 0 fully saturated rings. The summed E-state index contributed by atoms with van der Waals surface area (Å²) < 4.78 is 18.4. The van der Waals surface area contributed by atoms with Crippen LogP contribution in [0.3, 0.4) is 0 Å². The monoisotopic (exact) mass is 243 g/mol. The fraction of sp³-hybridized carbons (Fsp3) is 0.200. The van der Waals surface area contributed by atoms with Gasteiger partial charge in [0.15, 0.2) is 0 Å². The first kappa shape index (κ1) is 12.4. The maximum atomic E-state index is 12.8. The van der Waals surface area contributed by atoms with E-state index in [1.807, 2.05) is 12.1 Å². The van der Waals surface area contributed by atoms with Crippen molar-refractivity contribution in [3.8, 4) is 23.2 Å². The number of furan rings is 1. The average Bonchev–Trinajstić information content (AvgIpc) is 2.84. The molecule has 0 aliphatic carbocycles. The zero-order chi connectivity index (χ0) is 12.8. The fourth-order valence-corrected chi connectivity index (χ4v) is 1.58. The molecule has 0 saturated heterocycles. The molecule has 2 nitrogen and oxygen atoms in total. The summed E-state index contributed by atoms with van der Waals surface area (Å²) in [6.45, 7) is 3.08. The molecule has 0 radical (unpaired) electrons. The fourth-order valence-electron chi connectivity index (χ4n) is 1.58. The van der Waals surface area contributed by atoms with Crippen LogP contribution in [0.2, 0.25) is 0 Å². The molecule has 0 unspecified atom stereocenters. The maximum Gasteiger partial charge on any atom is 0.134 e. The van der Waals surface area contributed by atoms with Gasteiger partial charge in [-0.15, -0.1) is 5.92 Å². The minimum atomic E-state index is -0.245. The highest BCUT2D eigenvalue weighted by Crippen LogP contribution is 2.22. The number of hydrogen-bond acceptors (Lipinski definition) is 2. The molecule has 0 bridgehead atoms. The summed E-state index contributed by atoms with van der Waals surface area (Å²) in [4.78, 5) is 0. The molecule has 1 aromatic carbocycles. The van der Waals surface area contributed by atoms with Gasteiger partial charge in [-0.3, -0.25) is 5.32 Å². The zero-order valence-electron chi connectivity index (χ0n) is 10.2. The van der Waals surface area contributed by atoms with Crippen LogP contribution in [0.4, 0.5) is 4.39 Å². The van der Waals surface area contributed by atoms with E-state index in [-0.39, 0.29) is 5.82 Å². The first-order valence-corrected chi connectivity index (χ1v) is 5.74. The van der Waals surface area contributed by atoms with Crippen molar-refractivity contribution in [2.24, 2.45) is 0 Å². The topological polar surface area (TPSA) is 25.2 Å². The summed E-state index contributed by atoms with van der Waals surface area (Å²) >= 11 is 0. The molecular weight excluding hydrogens is 229 g/mol. The highest BCUT2D eigenvalue weighted by atomic mass is 19.1. The van der Waals surface area contributed by atoms with Crippen molar-refractivity contribution < 1.29 is 8.81 Å².